The minimum absolute atomic E-state index is 0.0528. The van der Waals surface area contributed by atoms with Crippen LogP contribution in [0.1, 0.15) is 71.3 Å². The largest absolute Gasteiger partial charge is 0.465 e. The number of likely N-dealkylation sites (tertiary alicyclic amines) is 1. The highest BCUT2D eigenvalue weighted by Crippen LogP contribution is 2.40. The second-order valence-corrected chi connectivity index (χ2v) is 9.18. The number of ether oxygens (including phenoxy) is 2. The third-order valence-electron chi connectivity index (χ3n) is 6.81. The summed E-state index contributed by atoms with van der Waals surface area (Å²) in [5, 5.41) is 3.17. The lowest BCUT2D eigenvalue weighted by Crippen LogP contribution is -2.55. The first-order valence-corrected chi connectivity index (χ1v) is 12.4. The van der Waals surface area contributed by atoms with Gasteiger partial charge in [-0.3, -0.25) is 14.9 Å². The molecule has 1 saturated carbocycles. The number of carbonyl (C=O) groups is 3. The first-order chi connectivity index (χ1) is 16.0. The molecule has 1 aliphatic carbocycles. The van der Waals surface area contributed by atoms with Crippen LogP contribution in [0.2, 0.25) is 0 Å². The molecule has 0 aromatic heterocycles. The number of amides is 1. The molecular weight excluding hydrogens is 420 g/mol. The minimum Gasteiger partial charge on any atom is -0.465 e. The van der Waals surface area contributed by atoms with Crippen molar-refractivity contribution in [1.29, 1.82) is 0 Å². The Kier molecular flexibility index (Phi) is 9.30. The molecule has 0 spiro atoms. The van der Waals surface area contributed by atoms with E-state index in [-0.39, 0.29) is 30.5 Å². The monoisotopic (exact) mass is 458 g/mol. The van der Waals surface area contributed by atoms with Crippen molar-refractivity contribution in [3.05, 3.63) is 35.9 Å². The fraction of sp³-hybridized carbons (Fsp3) is 0.654. The summed E-state index contributed by atoms with van der Waals surface area (Å²) in [6, 6.07) is 7.91. The van der Waals surface area contributed by atoms with Gasteiger partial charge >= 0.3 is 11.9 Å². The molecule has 33 heavy (non-hydrogen) atoms. The first-order valence-electron chi connectivity index (χ1n) is 12.4. The van der Waals surface area contributed by atoms with Gasteiger partial charge in [-0.2, -0.15) is 0 Å². The topological polar surface area (TPSA) is 84.9 Å². The minimum atomic E-state index is -0.601. The Morgan fingerprint density at radius 2 is 1.82 bits per heavy atom. The van der Waals surface area contributed by atoms with Crippen molar-refractivity contribution < 1.29 is 23.9 Å². The second-order valence-electron chi connectivity index (χ2n) is 9.18. The molecule has 182 valence electrons. The highest BCUT2D eigenvalue weighted by molar-refractivity contribution is 5.89. The molecule has 0 bridgehead atoms. The lowest BCUT2D eigenvalue weighted by molar-refractivity contribution is -0.157. The number of fused-ring (bicyclic) bond motifs is 1. The van der Waals surface area contributed by atoms with Gasteiger partial charge in [0.2, 0.25) is 5.91 Å². The zero-order valence-corrected chi connectivity index (χ0v) is 20.1. The SMILES string of the molecule is CCC[C@H](NC(C)C(=O)N1C(C(=O)OCc2ccccc2)C[C@H]2CCCC[C@H]21)C(=O)OCC. The van der Waals surface area contributed by atoms with E-state index in [9.17, 15) is 14.4 Å². The van der Waals surface area contributed by atoms with Crippen molar-refractivity contribution in [3.63, 3.8) is 0 Å². The standard InChI is InChI=1S/C26H38N2O5/c1-4-11-21(25(30)32-5-2)27-18(3)24(29)28-22-15-10-9-14-20(22)16-23(28)26(31)33-17-19-12-7-6-8-13-19/h6-8,12-13,18,20-23,27H,4-5,9-11,14-17H2,1-3H3/t18?,20-,21+,22-,23?/m1/s1. The molecule has 2 aliphatic rings. The molecule has 2 fully saturated rings. The Bertz CT molecular complexity index is 799. The number of rotatable bonds is 10. The Balaban J connectivity index is 1.72. The average molecular weight is 459 g/mol. The van der Waals surface area contributed by atoms with Crippen LogP contribution >= 0.6 is 0 Å². The number of benzene rings is 1. The van der Waals surface area contributed by atoms with E-state index in [2.05, 4.69) is 5.32 Å². The van der Waals surface area contributed by atoms with Gasteiger partial charge in [0, 0.05) is 6.04 Å². The van der Waals surface area contributed by atoms with Crippen LogP contribution in [-0.4, -0.2) is 53.5 Å². The Morgan fingerprint density at radius 1 is 1.09 bits per heavy atom. The predicted octanol–water partition coefficient (Wildman–Crippen LogP) is 3.60. The van der Waals surface area contributed by atoms with Crippen LogP contribution in [-0.2, 0) is 30.5 Å². The number of nitrogens with zero attached hydrogens (tertiary/aromatic N) is 1. The maximum atomic E-state index is 13.6. The second kappa shape index (κ2) is 12.2. The summed E-state index contributed by atoms with van der Waals surface area (Å²) in [6.45, 7) is 6.03. The Hall–Kier alpha value is -2.41. The van der Waals surface area contributed by atoms with Crippen molar-refractivity contribution >= 4 is 17.8 Å². The van der Waals surface area contributed by atoms with Gasteiger partial charge in [0.25, 0.3) is 0 Å². The van der Waals surface area contributed by atoms with E-state index in [4.69, 9.17) is 9.47 Å². The summed E-state index contributed by atoms with van der Waals surface area (Å²) < 4.78 is 10.8. The molecule has 7 heteroatoms. The third-order valence-corrected chi connectivity index (χ3v) is 6.81. The van der Waals surface area contributed by atoms with E-state index in [0.29, 0.717) is 25.4 Å². The molecule has 3 rings (SSSR count). The molecule has 1 N–H and O–H groups in total. The van der Waals surface area contributed by atoms with Gasteiger partial charge in [-0.15, -0.1) is 0 Å². The summed E-state index contributed by atoms with van der Waals surface area (Å²) in [4.78, 5) is 40.8. The molecule has 0 radical (unpaired) electrons. The Labute approximate surface area is 197 Å². The van der Waals surface area contributed by atoms with Crippen molar-refractivity contribution in [2.45, 2.75) is 96.5 Å². The van der Waals surface area contributed by atoms with Crippen LogP contribution < -0.4 is 5.32 Å². The van der Waals surface area contributed by atoms with Gasteiger partial charge in [0.05, 0.1) is 12.6 Å². The maximum Gasteiger partial charge on any atom is 0.329 e. The number of carbonyl (C=O) groups excluding carboxylic acids is 3. The van der Waals surface area contributed by atoms with E-state index in [0.717, 1.165) is 37.7 Å². The van der Waals surface area contributed by atoms with Crippen LogP contribution in [0.15, 0.2) is 30.3 Å². The average Bonchev–Trinajstić information content (AvgIpc) is 3.22. The van der Waals surface area contributed by atoms with Crippen molar-refractivity contribution in [1.82, 2.24) is 10.2 Å². The molecule has 7 nitrogen and oxygen atoms in total. The molecule has 1 aromatic rings. The predicted molar refractivity (Wildman–Crippen MR) is 125 cm³/mol. The summed E-state index contributed by atoms with van der Waals surface area (Å²) in [6.07, 6.45) is 6.14. The van der Waals surface area contributed by atoms with E-state index < -0.39 is 18.1 Å². The van der Waals surface area contributed by atoms with E-state index in [1.807, 2.05) is 37.3 Å². The van der Waals surface area contributed by atoms with Crippen molar-refractivity contribution in [2.75, 3.05) is 6.61 Å². The lowest BCUT2D eigenvalue weighted by atomic mass is 9.84. The van der Waals surface area contributed by atoms with E-state index in [1.165, 1.54) is 0 Å². The fourth-order valence-corrected chi connectivity index (χ4v) is 5.21. The fourth-order valence-electron chi connectivity index (χ4n) is 5.21. The van der Waals surface area contributed by atoms with Crippen molar-refractivity contribution in [2.24, 2.45) is 5.92 Å². The number of hydrogen-bond acceptors (Lipinski definition) is 6. The van der Waals surface area contributed by atoms with E-state index >= 15 is 0 Å². The highest BCUT2D eigenvalue weighted by Gasteiger charge is 2.49. The van der Waals surface area contributed by atoms with Gasteiger partial charge in [0.15, 0.2) is 0 Å². The molecule has 1 amide bonds. The Morgan fingerprint density at radius 3 is 2.52 bits per heavy atom. The third kappa shape index (κ3) is 6.34. The molecule has 5 atom stereocenters. The van der Waals surface area contributed by atoms with Crippen LogP contribution in [0, 0.1) is 5.92 Å². The molecule has 1 saturated heterocycles. The summed E-state index contributed by atoms with van der Waals surface area (Å²) in [5.74, 6) is -0.503. The maximum absolute atomic E-state index is 13.6. The van der Waals surface area contributed by atoms with Crippen LogP contribution in [0.3, 0.4) is 0 Å². The summed E-state index contributed by atoms with van der Waals surface area (Å²) >= 11 is 0. The van der Waals surface area contributed by atoms with Gasteiger partial charge in [0.1, 0.15) is 18.7 Å². The molecule has 1 aliphatic heterocycles. The van der Waals surface area contributed by atoms with Crippen LogP contribution in [0.4, 0.5) is 0 Å². The smallest absolute Gasteiger partial charge is 0.329 e. The van der Waals surface area contributed by atoms with Crippen LogP contribution in [0.5, 0.6) is 0 Å². The van der Waals surface area contributed by atoms with Gasteiger partial charge < -0.3 is 14.4 Å². The molecule has 1 aromatic carbocycles. The molecular formula is C26H38N2O5. The van der Waals surface area contributed by atoms with E-state index in [1.54, 1.807) is 18.7 Å². The summed E-state index contributed by atoms with van der Waals surface area (Å²) in [5.41, 5.74) is 0.922. The zero-order chi connectivity index (χ0) is 23.8. The number of nitrogens with one attached hydrogen (secondary N) is 1. The highest BCUT2D eigenvalue weighted by atomic mass is 16.5. The zero-order valence-electron chi connectivity index (χ0n) is 20.1. The molecule has 2 unspecified atom stereocenters. The lowest BCUT2D eigenvalue weighted by Gasteiger charge is -2.35. The normalized spacial score (nSPS) is 24.0. The van der Waals surface area contributed by atoms with Gasteiger partial charge in [-0.1, -0.05) is 56.5 Å². The summed E-state index contributed by atoms with van der Waals surface area (Å²) in [7, 11) is 0. The quantitative estimate of drug-likeness (QED) is 0.539. The number of hydrogen-bond donors (Lipinski definition) is 1. The molecule has 1 heterocycles. The number of esters is 2. The van der Waals surface area contributed by atoms with Gasteiger partial charge in [-0.25, -0.2) is 4.79 Å². The van der Waals surface area contributed by atoms with Gasteiger partial charge in [-0.05, 0) is 51.0 Å². The van der Waals surface area contributed by atoms with Crippen LogP contribution in [0.25, 0.3) is 0 Å². The first kappa shape index (κ1) is 25.2. The van der Waals surface area contributed by atoms with Crippen molar-refractivity contribution in [3.8, 4) is 0 Å².